The Morgan fingerprint density at radius 2 is 2.08 bits per heavy atom. The van der Waals surface area contributed by atoms with E-state index >= 15 is 0 Å². The molecule has 0 spiro atoms. The van der Waals surface area contributed by atoms with Crippen molar-refractivity contribution in [3.63, 3.8) is 0 Å². The van der Waals surface area contributed by atoms with E-state index in [1.807, 2.05) is 0 Å². The maximum Gasteiger partial charge on any atom is 0.0938 e. The molecule has 1 heterocycles. The van der Waals surface area contributed by atoms with Gasteiger partial charge in [0.25, 0.3) is 0 Å². The molecule has 1 aliphatic heterocycles. The molecule has 3 nitrogen and oxygen atoms in total. The molecule has 0 aromatic heterocycles. The third kappa shape index (κ3) is 2.22. The van der Waals surface area contributed by atoms with Crippen molar-refractivity contribution in [2.45, 2.75) is 38.3 Å². The fourth-order valence-corrected chi connectivity index (χ4v) is 1.83. The normalized spacial score (nSPS) is 31.2. The molecule has 0 saturated carbocycles. The molecule has 78 valence electrons. The second kappa shape index (κ2) is 3.56. The number of ether oxygens (including phenoxy) is 1. The minimum absolute atomic E-state index is 0.0900. The molecule has 0 radical (unpaired) electrons. The monoisotopic (exact) mass is 186 g/mol. The van der Waals surface area contributed by atoms with Crippen molar-refractivity contribution in [2.24, 2.45) is 5.73 Å². The topological polar surface area (TPSA) is 38.5 Å². The van der Waals surface area contributed by atoms with Crippen LogP contribution in [0.2, 0.25) is 0 Å². The maximum atomic E-state index is 5.73. The van der Waals surface area contributed by atoms with Gasteiger partial charge < -0.3 is 10.5 Å². The lowest BCUT2D eigenvalue weighted by atomic mass is 10.0. The summed E-state index contributed by atoms with van der Waals surface area (Å²) in [5, 5.41) is 0. The molecule has 0 aromatic carbocycles. The highest BCUT2D eigenvalue weighted by molar-refractivity contribution is 4.96. The van der Waals surface area contributed by atoms with Crippen molar-refractivity contribution in [1.82, 2.24) is 4.90 Å². The zero-order valence-electron chi connectivity index (χ0n) is 9.26. The van der Waals surface area contributed by atoms with Gasteiger partial charge in [0.15, 0.2) is 0 Å². The van der Waals surface area contributed by atoms with Crippen molar-refractivity contribution in [1.29, 1.82) is 0 Å². The van der Waals surface area contributed by atoms with E-state index in [0.717, 1.165) is 19.5 Å². The largest absolute Gasteiger partial charge is 0.376 e. The van der Waals surface area contributed by atoms with Crippen molar-refractivity contribution >= 4 is 0 Å². The molecule has 1 atom stereocenters. The minimum Gasteiger partial charge on any atom is -0.376 e. The Morgan fingerprint density at radius 3 is 2.31 bits per heavy atom. The van der Waals surface area contributed by atoms with Crippen LogP contribution in [0.15, 0.2) is 0 Å². The van der Waals surface area contributed by atoms with Gasteiger partial charge in [0, 0.05) is 32.3 Å². The fourth-order valence-electron chi connectivity index (χ4n) is 1.83. The molecule has 0 bridgehead atoms. The predicted molar refractivity (Wildman–Crippen MR) is 54.7 cm³/mol. The SMILES string of the molecule is COC1(CN)CCN(C(C)(C)C)C1. The first-order valence-corrected chi connectivity index (χ1v) is 4.94. The van der Waals surface area contributed by atoms with E-state index in [2.05, 4.69) is 25.7 Å². The lowest BCUT2D eigenvalue weighted by Gasteiger charge is -2.34. The van der Waals surface area contributed by atoms with E-state index in [1.165, 1.54) is 0 Å². The molecule has 0 amide bonds. The highest BCUT2D eigenvalue weighted by Gasteiger charge is 2.40. The second-order valence-corrected chi connectivity index (χ2v) is 4.93. The zero-order valence-corrected chi connectivity index (χ0v) is 9.26. The predicted octanol–water partition coefficient (Wildman–Crippen LogP) is 0.834. The molecule has 1 unspecified atom stereocenters. The number of hydrogen-bond donors (Lipinski definition) is 1. The van der Waals surface area contributed by atoms with Gasteiger partial charge in [0.1, 0.15) is 0 Å². The first-order valence-electron chi connectivity index (χ1n) is 4.94. The van der Waals surface area contributed by atoms with Gasteiger partial charge in [-0.15, -0.1) is 0 Å². The van der Waals surface area contributed by atoms with Crippen LogP contribution in [0.25, 0.3) is 0 Å². The third-order valence-electron chi connectivity index (χ3n) is 3.07. The highest BCUT2D eigenvalue weighted by atomic mass is 16.5. The molecular formula is C10H22N2O. The summed E-state index contributed by atoms with van der Waals surface area (Å²) in [4.78, 5) is 2.43. The second-order valence-electron chi connectivity index (χ2n) is 4.93. The van der Waals surface area contributed by atoms with Gasteiger partial charge in [0.2, 0.25) is 0 Å². The number of rotatable bonds is 2. The van der Waals surface area contributed by atoms with Crippen LogP contribution in [-0.4, -0.2) is 42.8 Å². The Bertz CT molecular complexity index is 170. The molecular weight excluding hydrogens is 164 g/mol. The molecule has 0 aliphatic carbocycles. The number of methoxy groups -OCH3 is 1. The van der Waals surface area contributed by atoms with Crippen LogP contribution in [0, 0.1) is 0 Å². The van der Waals surface area contributed by atoms with Crippen LogP contribution in [-0.2, 0) is 4.74 Å². The number of nitrogens with two attached hydrogens (primary N) is 1. The van der Waals surface area contributed by atoms with Crippen LogP contribution in [0.5, 0.6) is 0 Å². The van der Waals surface area contributed by atoms with Crippen LogP contribution in [0.1, 0.15) is 27.2 Å². The Morgan fingerprint density at radius 1 is 1.46 bits per heavy atom. The third-order valence-corrected chi connectivity index (χ3v) is 3.07. The molecule has 13 heavy (non-hydrogen) atoms. The Kier molecular flexibility index (Phi) is 3.00. The molecule has 1 aliphatic rings. The lowest BCUT2D eigenvalue weighted by molar-refractivity contribution is -0.00181. The van der Waals surface area contributed by atoms with E-state index in [9.17, 15) is 0 Å². The molecule has 1 saturated heterocycles. The molecule has 1 fully saturated rings. The zero-order chi connectivity index (χ0) is 10.1. The fraction of sp³-hybridized carbons (Fsp3) is 1.00. The number of nitrogens with zero attached hydrogens (tertiary/aromatic N) is 1. The molecule has 2 N–H and O–H groups in total. The smallest absolute Gasteiger partial charge is 0.0938 e. The summed E-state index contributed by atoms with van der Waals surface area (Å²) in [6.07, 6.45) is 1.05. The van der Waals surface area contributed by atoms with Gasteiger partial charge in [-0.2, -0.15) is 0 Å². The summed E-state index contributed by atoms with van der Waals surface area (Å²) < 4.78 is 5.51. The van der Waals surface area contributed by atoms with E-state index in [1.54, 1.807) is 7.11 Å². The van der Waals surface area contributed by atoms with Crippen molar-refractivity contribution in [3.8, 4) is 0 Å². The number of hydrogen-bond acceptors (Lipinski definition) is 3. The number of likely N-dealkylation sites (tertiary alicyclic amines) is 1. The van der Waals surface area contributed by atoms with Gasteiger partial charge in [-0.05, 0) is 27.2 Å². The summed E-state index contributed by atoms with van der Waals surface area (Å²) in [5.41, 5.74) is 5.87. The summed E-state index contributed by atoms with van der Waals surface area (Å²) in [7, 11) is 1.76. The minimum atomic E-state index is -0.0900. The Balaban J connectivity index is 2.62. The molecule has 1 rings (SSSR count). The van der Waals surface area contributed by atoms with E-state index < -0.39 is 0 Å². The summed E-state index contributed by atoms with van der Waals surface area (Å²) >= 11 is 0. The van der Waals surface area contributed by atoms with Crippen molar-refractivity contribution < 1.29 is 4.74 Å². The standard InChI is InChI=1S/C10H22N2O/c1-9(2,3)12-6-5-10(7-11,8-12)13-4/h5-8,11H2,1-4H3. The summed E-state index contributed by atoms with van der Waals surface area (Å²) in [6, 6.07) is 0. The van der Waals surface area contributed by atoms with Crippen molar-refractivity contribution in [3.05, 3.63) is 0 Å². The lowest BCUT2D eigenvalue weighted by Crippen LogP contribution is -2.46. The van der Waals surface area contributed by atoms with Crippen LogP contribution >= 0.6 is 0 Å². The first kappa shape index (κ1) is 11.0. The molecule has 0 aromatic rings. The average molecular weight is 186 g/mol. The van der Waals surface area contributed by atoms with Gasteiger partial charge in [0.05, 0.1) is 5.60 Å². The van der Waals surface area contributed by atoms with E-state index in [-0.39, 0.29) is 11.1 Å². The van der Waals surface area contributed by atoms with Gasteiger partial charge in [-0.25, -0.2) is 0 Å². The summed E-state index contributed by atoms with van der Waals surface area (Å²) in [6.45, 7) is 9.37. The molecule has 3 heteroatoms. The maximum absolute atomic E-state index is 5.73. The van der Waals surface area contributed by atoms with E-state index in [0.29, 0.717) is 6.54 Å². The van der Waals surface area contributed by atoms with Crippen LogP contribution < -0.4 is 5.73 Å². The first-order chi connectivity index (χ1) is 5.93. The van der Waals surface area contributed by atoms with Crippen molar-refractivity contribution in [2.75, 3.05) is 26.7 Å². The van der Waals surface area contributed by atoms with Crippen LogP contribution in [0.3, 0.4) is 0 Å². The highest BCUT2D eigenvalue weighted by Crippen LogP contribution is 2.28. The average Bonchev–Trinajstić information content (AvgIpc) is 2.48. The van der Waals surface area contributed by atoms with E-state index in [4.69, 9.17) is 10.5 Å². The van der Waals surface area contributed by atoms with Gasteiger partial charge in [-0.1, -0.05) is 0 Å². The Labute approximate surface area is 81.2 Å². The van der Waals surface area contributed by atoms with Gasteiger partial charge >= 0.3 is 0 Å². The van der Waals surface area contributed by atoms with Gasteiger partial charge in [-0.3, -0.25) is 4.90 Å². The van der Waals surface area contributed by atoms with Crippen LogP contribution in [0.4, 0.5) is 0 Å². The quantitative estimate of drug-likeness (QED) is 0.694. The Hall–Kier alpha value is -0.120. The summed E-state index contributed by atoms with van der Waals surface area (Å²) in [5.74, 6) is 0.